The number of carbonyl (C=O) groups excluding carboxylic acids is 3. The molecule has 1 aromatic carbocycles. The number of fused-ring (bicyclic) bond motifs is 3. The molecule has 7 atom stereocenters. The molecule has 0 saturated carbocycles. The predicted molar refractivity (Wildman–Crippen MR) is 130 cm³/mol. The maximum absolute atomic E-state index is 14.0. The summed E-state index contributed by atoms with van der Waals surface area (Å²) in [6, 6.07) is 10.7. The van der Waals surface area contributed by atoms with E-state index in [0.29, 0.717) is 18.7 Å². The van der Waals surface area contributed by atoms with Crippen LogP contribution in [0.4, 0.5) is 0 Å². The zero-order valence-electron chi connectivity index (χ0n) is 19.8. The highest BCUT2D eigenvalue weighted by atomic mass is 16.5. The summed E-state index contributed by atoms with van der Waals surface area (Å²) in [5.74, 6) is -1.33. The molecule has 3 fully saturated rings. The van der Waals surface area contributed by atoms with E-state index in [1.165, 1.54) is 0 Å². The lowest BCUT2D eigenvalue weighted by atomic mass is 9.70. The number of piperidine rings is 1. The third-order valence-electron chi connectivity index (χ3n) is 8.62. The van der Waals surface area contributed by atoms with Gasteiger partial charge in [-0.25, -0.2) is 0 Å². The first-order chi connectivity index (χ1) is 17.5. The molecule has 0 aliphatic carbocycles. The topological polar surface area (TPSA) is 105 Å². The standard InChI is InChI=1S/C28H27N3O5/c1-15-20(32)13-19(21-7-4-12-35-21)31-25(15)28-10-8-22(36-28)23(24(28)27(31)34)26(33)29-11-9-16-14-30-18-6-3-2-5-17(16)18/h2-8,10,12,14-15,19,22-25,30H,9,11,13H2,1H3,(H,29,33). The molecule has 4 aliphatic heterocycles. The van der Waals surface area contributed by atoms with E-state index in [4.69, 9.17) is 9.15 Å². The molecule has 6 heterocycles. The summed E-state index contributed by atoms with van der Waals surface area (Å²) >= 11 is 0. The van der Waals surface area contributed by atoms with Crippen LogP contribution < -0.4 is 5.32 Å². The second-order valence-corrected chi connectivity index (χ2v) is 10.4. The van der Waals surface area contributed by atoms with Crippen LogP contribution in [0.3, 0.4) is 0 Å². The van der Waals surface area contributed by atoms with Gasteiger partial charge in [0, 0.05) is 36.0 Å². The summed E-state index contributed by atoms with van der Waals surface area (Å²) in [7, 11) is 0. The number of rotatable bonds is 5. The number of benzene rings is 1. The van der Waals surface area contributed by atoms with E-state index in [2.05, 4.69) is 16.4 Å². The number of aromatic nitrogens is 1. The Morgan fingerprint density at radius 3 is 2.92 bits per heavy atom. The van der Waals surface area contributed by atoms with Gasteiger partial charge in [0.25, 0.3) is 0 Å². The van der Waals surface area contributed by atoms with E-state index >= 15 is 0 Å². The van der Waals surface area contributed by atoms with Crippen molar-refractivity contribution in [2.45, 2.75) is 43.6 Å². The van der Waals surface area contributed by atoms with Crippen molar-refractivity contribution in [3.63, 3.8) is 0 Å². The van der Waals surface area contributed by atoms with Gasteiger partial charge in [0.05, 0.1) is 36.3 Å². The molecule has 2 aromatic heterocycles. The number of carbonyl (C=O) groups is 3. The minimum atomic E-state index is -0.971. The van der Waals surface area contributed by atoms with Crippen LogP contribution in [-0.2, 0) is 25.5 Å². The number of ketones is 1. The number of hydrogen-bond donors (Lipinski definition) is 2. The van der Waals surface area contributed by atoms with Gasteiger partial charge in [0.2, 0.25) is 11.8 Å². The Labute approximate surface area is 207 Å². The van der Waals surface area contributed by atoms with Gasteiger partial charge in [0.1, 0.15) is 17.1 Å². The minimum absolute atomic E-state index is 0.0764. The third kappa shape index (κ3) is 2.82. The van der Waals surface area contributed by atoms with Crippen LogP contribution in [0.15, 0.2) is 65.4 Å². The number of Topliss-reactive ketones (excluding diaryl/α,β-unsaturated/α-hetero) is 1. The highest BCUT2D eigenvalue weighted by Gasteiger charge is 2.74. The highest BCUT2D eigenvalue weighted by Crippen LogP contribution is 2.59. The quantitative estimate of drug-likeness (QED) is 0.541. The van der Waals surface area contributed by atoms with Gasteiger partial charge in [-0.2, -0.15) is 0 Å². The van der Waals surface area contributed by atoms with Crippen LogP contribution in [0.25, 0.3) is 10.9 Å². The van der Waals surface area contributed by atoms with E-state index < -0.39 is 41.5 Å². The Balaban J connectivity index is 1.15. The number of nitrogens with zero attached hydrogens (tertiary/aromatic N) is 1. The Morgan fingerprint density at radius 2 is 2.08 bits per heavy atom. The molecule has 2 bridgehead atoms. The molecule has 8 heteroatoms. The van der Waals surface area contributed by atoms with E-state index in [1.54, 1.807) is 23.3 Å². The molecular weight excluding hydrogens is 458 g/mol. The maximum Gasteiger partial charge on any atom is 0.230 e. The largest absolute Gasteiger partial charge is 0.467 e. The van der Waals surface area contributed by atoms with Crippen LogP contribution in [-0.4, -0.2) is 51.8 Å². The first kappa shape index (κ1) is 21.6. The zero-order chi connectivity index (χ0) is 24.6. The molecule has 0 radical (unpaired) electrons. The van der Waals surface area contributed by atoms with Crippen molar-refractivity contribution >= 4 is 28.5 Å². The van der Waals surface area contributed by atoms with Crippen LogP contribution in [0, 0.1) is 17.8 Å². The second kappa shape index (κ2) is 7.67. The molecule has 2 amide bonds. The van der Waals surface area contributed by atoms with Gasteiger partial charge >= 0.3 is 0 Å². The van der Waals surface area contributed by atoms with Gasteiger partial charge in [-0.05, 0) is 30.2 Å². The fourth-order valence-corrected chi connectivity index (χ4v) is 7.04. The number of furan rings is 1. The van der Waals surface area contributed by atoms with Crippen molar-refractivity contribution < 1.29 is 23.5 Å². The summed E-state index contributed by atoms with van der Waals surface area (Å²) in [4.78, 5) is 45.5. The van der Waals surface area contributed by atoms with E-state index in [-0.39, 0.29) is 24.0 Å². The monoisotopic (exact) mass is 485 g/mol. The molecular formula is C28H27N3O5. The lowest BCUT2D eigenvalue weighted by Crippen LogP contribution is -2.55. The first-order valence-electron chi connectivity index (χ1n) is 12.6. The Bertz CT molecular complexity index is 1410. The SMILES string of the molecule is CC1C(=O)CC(c2ccco2)N2C(=O)C3C(C(=O)NCCc4c[nH]c5ccccc45)C4C=CC3(O4)C12. The van der Waals surface area contributed by atoms with Crippen molar-refractivity contribution in [3.8, 4) is 0 Å². The van der Waals surface area contributed by atoms with Crippen LogP contribution in [0.1, 0.15) is 30.7 Å². The summed E-state index contributed by atoms with van der Waals surface area (Å²) < 4.78 is 12.0. The smallest absolute Gasteiger partial charge is 0.230 e. The predicted octanol–water partition coefficient (Wildman–Crippen LogP) is 2.92. The second-order valence-electron chi connectivity index (χ2n) is 10.4. The fraction of sp³-hybridized carbons (Fsp3) is 0.393. The molecule has 7 rings (SSSR count). The number of amides is 2. The summed E-state index contributed by atoms with van der Waals surface area (Å²) in [5, 5.41) is 4.20. The van der Waals surface area contributed by atoms with Crippen LogP contribution in [0.5, 0.6) is 0 Å². The molecule has 36 heavy (non-hydrogen) atoms. The molecule has 7 unspecified atom stereocenters. The van der Waals surface area contributed by atoms with Gasteiger partial charge < -0.3 is 24.4 Å². The van der Waals surface area contributed by atoms with Crippen LogP contribution >= 0.6 is 0 Å². The summed E-state index contributed by atoms with van der Waals surface area (Å²) in [5.41, 5.74) is 1.23. The molecule has 4 aliphatic rings. The Hall–Kier alpha value is -3.65. The average molecular weight is 486 g/mol. The third-order valence-corrected chi connectivity index (χ3v) is 8.62. The molecule has 184 valence electrons. The average Bonchev–Trinajstić information content (AvgIpc) is 3.69. The summed E-state index contributed by atoms with van der Waals surface area (Å²) in [6.07, 6.45) is 7.75. The molecule has 2 N–H and O–H groups in total. The number of ether oxygens (including phenoxy) is 1. The van der Waals surface area contributed by atoms with Crippen molar-refractivity contribution in [1.29, 1.82) is 0 Å². The lowest BCUT2D eigenvalue weighted by molar-refractivity contribution is -0.148. The maximum atomic E-state index is 14.0. The number of aromatic amines is 1. The Kier molecular flexibility index (Phi) is 4.61. The number of nitrogens with one attached hydrogen (secondary N) is 2. The van der Waals surface area contributed by atoms with Gasteiger partial charge in [-0.15, -0.1) is 0 Å². The van der Waals surface area contributed by atoms with E-state index in [1.807, 2.05) is 43.5 Å². The molecule has 1 spiro atoms. The number of H-pyrrole nitrogens is 1. The van der Waals surface area contributed by atoms with Gasteiger partial charge in [0.15, 0.2) is 0 Å². The first-order valence-corrected chi connectivity index (χ1v) is 12.6. The molecule has 3 aromatic rings. The molecule has 3 saturated heterocycles. The van der Waals surface area contributed by atoms with Crippen molar-refractivity contribution in [2.24, 2.45) is 17.8 Å². The number of para-hydroxylation sites is 1. The normalized spacial score (nSPS) is 34.4. The van der Waals surface area contributed by atoms with Crippen molar-refractivity contribution in [1.82, 2.24) is 15.2 Å². The van der Waals surface area contributed by atoms with Crippen molar-refractivity contribution in [2.75, 3.05) is 6.54 Å². The zero-order valence-corrected chi connectivity index (χ0v) is 19.8. The van der Waals surface area contributed by atoms with Gasteiger partial charge in [-0.1, -0.05) is 37.3 Å². The van der Waals surface area contributed by atoms with Gasteiger partial charge in [-0.3, -0.25) is 14.4 Å². The molecule has 8 nitrogen and oxygen atoms in total. The minimum Gasteiger partial charge on any atom is -0.467 e. The van der Waals surface area contributed by atoms with E-state index in [9.17, 15) is 14.4 Å². The lowest BCUT2D eigenvalue weighted by Gasteiger charge is -2.43. The summed E-state index contributed by atoms with van der Waals surface area (Å²) in [6.45, 7) is 2.32. The van der Waals surface area contributed by atoms with Crippen molar-refractivity contribution in [3.05, 3.63) is 72.3 Å². The highest BCUT2D eigenvalue weighted by molar-refractivity contribution is 5.96. The van der Waals surface area contributed by atoms with Crippen LogP contribution in [0.2, 0.25) is 0 Å². The van der Waals surface area contributed by atoms with E-state index in [0.717, 1.165) is 16.5 Å². The fourth-order valence-electron chi connectivity index (χ4n) is 7.04. The number of hydrogen-bond acceptors (Lipinski definition) is 5. The Morgan fingerprint density at radius 1 is 1.22 bits per heavy atom.